The maximum absolute atomic E-state index is 12.9. The van der Waals surface area contributed by atoms with E-state index in [1.807, 2.05) is 37.3 Å². The van der Waals surface area contributed by atoms with E-state index >= 15 is 0 Å². The van der Waals surface area contributed by atoms with Crippen molar-refractivity contribution < 1.29 is 23.5 Å². The van der Waals surface area contributed by atoms with Crippen LogP contribution in [0.2, 0.25) is 0 Å². The van der Waals surface area contributed by atoms with Gasteiger partial charge in [0.25, 0.3) is 0 Å². The first kappa shape index (κ1) is 24.0. The van der Waals surface area contributed by atoms with Crippen molar-refractivity contribution in [3.8, 4) is 5.75 Å². The van der Waals surface area contributed by atoms with Gasteiger partial charge in [-0.05, 0) is 42.5 Å². The van der Waals surface area contributed by atoms with Crippen molar-refractivity contribution in [1.29, 1.82) is 0 Å². The third-order valence-corrected chi connectivity index (χ3v) is 5.33. The zero-order valence-electron chi connectivity index (χ0n) is 19.3. The Hall–Kier alpha value is -3.61. The number of rotatable bonds is 8. The second kappa shape index (κ2) is 10.8. The summed E-state index contributed by atoms with van der Waals surface area (Å²) in [6, 6.07) is 13.3. The van der Waals surface area contributed by atoms with Gasteiger partial charge in [0.15, 0.2) is 0 Å². The second-order valence-corrected chi connectivity index (χ2v) is 8.25. The highest BCUT2D eigenvalue weighted by Gasteiger charge is 2.28. The molecule has 3 aromatic rings. The Kier molecular flexibility index (Phi) is 7.87. The molecular weight excluding hydrogens is 422 g/mol. The number of nitrogens with one attached hydrogen (secondary N) is 1. The molecule has 0 aliphatic rings. The highest BCUT2D eigenvalue weighted by molar-refractivity contribution is 5.88. The lowest BCUT2D eigenvalue weighted by Crippen LogP contribution is -2.46. The van der Waals surface area contributed by atoms with Gasteiger partial charge in [-0.15, -0.1) is 0 Å². The Labute approximate surface area is 192 Å². The van der Waals surface area contributed by atoms with Crippen LogP contribution in [0.1, 0.15) is 43.9 Å². The lowest BCUT2D eigenvalue weighted by molar-refractivity contribution is -0.137. The van der Waals surface area contributed by atoms with Gasteiger partial charge in [0.05, 0.1) is 0 Å². The summed E-state index contributed by atoms with van der Waals surface area (Å²) < 4.78 is 16.3. The number of amides is 1. The van der Waals surface area contributed by atoms with Crippen LogP contribution >= 0.6 is 0 Å². The van der Waals surface area contributed by atoms with E-state index in [-0.39, 0.29) is 18.3 Å². The average molecular weight is 452 g/mol. The van der Waals surface area contributed by atoms with E-state index in [0.717, 1.165) is 29.4 Å². The predicted octanol–water partition coefficient (Wildman–Crippen LogP) is 4.91. The topological polar surface area (TPSA) is 94.8 Å². The predicted molar refractivity (Wildman–Crippen MR) is 125 cm³/mol. The number of benzene rings is 2. The summed E-state index contributed by atoms with van der Waals surface area (Å²) in [5, 5.41) is 3.41. The van der Waals surface area contributed by atoms with Crippen molar-refractivity contribution in [1.82, 2.24) is 5.32 Å². The summed E-state index contributed by atoms with van der Waals surface area (Å²) in [5.41, 5.74) is 2.23. The Morgan fingerprint density at radius 3 is 2.48 bits per heavy atom. The van der Waals surface area contributed by atoms with Crippen LogP contribution in [-0.2, 0) is 22.6 Å². The number of alkyl carbamates (subject to hydrolysis) is 1. The fourth-order valence-electron chi connectivity index (χ4n) is 3.56. The molecule has 0 saturated carbocycles. The minimum atomic E-state index is -0.915. The van der Waals surface area contributed by atoms with Crippen molar-refractivity contribution >= 4 is 23.0 Å². The number of esters is 1. The molecule has 7 heteroatoms. The molecule has 1 atom stereocenters. The van der Waals surface area contributed by atoms with Crippen LogP contribution in [0.3, 0.4) is 0 Å². The van der Waals surface area contributed by atoms with Gasteiger partial charge >= 0.3 is 17.7 Å². The quantitative estimate of drug-likeness (QED) is 0.297. The van der Waals surface area contributed by atoms with Crippen molar-refractivity contribution in [3.05, 3.63) is 75.6 Å². The highest BCUT2D eigenvalue weighted by Crippen LogP contribution is 2.29. The number of ether oxygens (including phenoxy) is 2. The molecule has 0 saturated heterocycles. The number of aryl methyl sites for hydroxylation is 2. The van der Waals surface area contributed by atoms with Crippen molar-refractivity contribution in [2.45, 2.75) is 53.2 Å². The van der Waals surface area contributed by atoms with Crippen LogP contribution in [0.5, 0.6) is 5.75 Å². The molecule has 33 heavy (non-hydrogen) atoms. The number of carbonyl (C=O) groups is 2. The fraction of sp³-hybridized carbons (Fsp3) is 0.346. The monoisotopic (exact) mass is 451 g/mol. The van der Waals surface area contributed by atoms with Crippen LogP contribution in [0.4, 0.5) is 4.79 Å². The molecule has 0 aliphatic carbocycles. The number of hydrogen-bond acceptors (Lipinski definition) is 6. The Balaban J connectivity index is 1.75. The van der Waals surface area contributed by atoms with Crippen LogP contribution in [0.25, 0.3) is 11.0 Å². The summed E-state index contributed by atoms with van der Waals surface area (Å²) in [6.07, 6.45) is 0.918. The molecule has 0 aliphatic heterocycles. The van der Waals surface area contributed by atoms with Gasteiger partial charge in [-0.1, -0.05) is 57.5 Å². The Morgan fingerprint density at radius 2 is 1.82 bits per heavy atom. The second-order valence-electron chi connectivity index (χ2n) is 8.25. The van der Waals surface area contributed by atoms with Crippen molar-refractivity contribution in [2.24, 2.45) is 5.92 Å². The van der Waals surface area contributed by atoms with Gasteiger partial charge in [0.2, 0.25) is 0 Å². The summed E-state index contributed by atoms with van der Waals surface area (Å²) in [4.78, 5) is 37.2. The SMILES string of the molecule is CCCc1cc(=O)oc2c(C)c(OC(=O)[C@H](NC(=O)OCc3ccccc3)C(C)C)ccc12. The van der Waals surface area contributed by atoms with Crippen LogP contribution in [0.15, 0.2) is 57.7 Å². The van der Waals surface area contributed by atoms with Crippen molar-refractivity contribution in [3.63, 3.8) is 0 Å². The van der Waals surface area contributed by atoms with E-state index in [2.05, 4.69) is 5.32 Å². The van der Waals surface area contributed by atoms with Crippen LogP contribution < -0.4 is 15.7 Å². The van der Waals surface area contributed by atoms with Gasteiger partial charge in [0, 0.05) is 17.0 Å². The first-order valence-corrected chi connectivity index (χ1v) is 11.0. The summed E-state index contributed by atoms with van der Waals surface area (Å²) in [5.74, 6) is -0.595. The maximum Gasteiger partial charge on any atom is 0.408 e. The minimum absolute atomic E-state index is 0.0927. The van der Waals surface area contributed by atoms with E-state index in [9.17, 15) is 14.4 Å². The molecule has 2 aromatic carbocycles. The third-order valence-electron chi connectivity index (χ3n) is 5.33. The molecule has 0 fully saturated rings. The first-order valence-electron chi connectivity index (χ1n) is 11.0. The van der Waals surface area contributed by atoms with Gasteiger partial charge in [-0.2, -0.15) is 0 Å². The van der Waals surface area contributed by atoms with E-state index < -0.39 is 23.7 Å². The molecule has 1 aromatic heterocycles. The number of hydrogen-bond donors (Lipinski definition) is 1. The van der Waals surface area contributed by atoms with E-state index in [1.54, 1.807) is 32.9 Å². The lowest BCUT2D eigenvalue weighted by Gasteiger charge is -2.21. The van der Waals surface area contributed by atoms with Crippen LogP contribution in [0, 0.1) is 12.8 Å². The number of carbonyl (C=O) groups excluding carboxylic acids is 2. The van der Waals surface area contributed by atoms with Gasteiger partial charge in [0.1, 0.15) is 24.0 Å². The first-order chi connectivity index (χ1) is 15.8. The molecule has 3 rings (SSSR count). The van der Waals surface area contributed by atoms with Gasteiger partial charge in [-0.3, -0.25) is 0 Å². The molecule has 1 amide bonds. The Morgan fingerprint density at radius 1 is 1.09 bits per heavy atom. The molecule has 0 radical (unpaired) electrons. The molecule has 0 spiro atoms. The van der Waals surface area contributed by atoms with E-state index in [1.165, 1.54) is 6.07 Å². The average Bonchev–Trinajstić information content (AvgIpc) is 2.79. The van der Waals surface area contributed by atoms with Crippen molar-refractivity contribution in [2.75, 3.05) is 0 Å². The van der Waals surface area contributed by atoms with E-state index in [0.29, 0.717) is 11.1 Å². The molecular formula is C26H29NO6. The fourth-order valence-corrected chi connectivity index (χ4v) is 3.56. The number of fused-ring (bicyclic) bond motifs is 1. The smallest absolute Gasteiger partial charge is 0.408 e. The minimum Gasteiger partial charge on any atom is -0.445 e. The third kappa shape index (κ3) is 6.00. The lowest BCUT2D eigenvalue weighted by atomic mass is 10.0. The maximum atomic E-state index is 12.9. The summed E-state index contributed by atoms with van der Waals surface area (Å²) in [7, 11) is 0. The highest BCUT2D eigenvalue weighted by atomic mass is 16.6. The van der Waals surface area contributed by atoms with Gasteiger partial charge in [-0.25, -0.2) is 14.4 Å². The largest absolute Gasteiger partial charge is 0.445 e. The zero-order valence-corrected chi connectivity index (χ0v) is 19.3. The standard InChI is InChI=1S/C26H29NO6/c1-5-9-19-14-22(28)33-24-17(4)21(13-12-20(19)24)32-25(29)23(16(2)3)27-26(30)31-15-18-10-7-6-8-11-18/h6-8,10-14,16,23H,5,9,15H2,1-4H3,(H,27,30)/t23-/m1/s1. The molecule has 7 nitrogen and oxygen atoms in total. The molecule has 0 bridgehead atoms. The summed E-state index contributed by atoms with van der Waals surface area (Å²) >= 11 is 0. The summed E-state index contributed by atoms with van der Waals surface area (Å²) in [6.45, 7) is 7.46. The molecule has 0 unspecified atom stereocenters. The zero-order chi connectivity index (χ0) is 24.0. The van der Waals surface area contributed by atoms with Gasteiger partial charge < -0.3 is 19.2 Å². The van der Waals surface area contributed by atoms with E-state index in [4.69, 9.17) is 13.9 Å². The molecule has 174 valence electrons. The Bertz CT molecular complexity index is 1180. The molecule has 1 N–H and O–H groups in total. The van der Waals surface area contributed by atoms with Crippen LogP contribution in [-0.4, -0.2) is 18.1 Å². The normalized spacial score (nSPS) is 11.9. The molecule has 1 heterocycles.